The summed E-state index contributed by atoms with van der Waals surface area (Å²) in [4.78, 5) is 23.3. The van der Waals surface area contributed by atoms with Gasteiger partial charge in [0.25, 0.3) is 16.0 Å². The number of rotatable bonds is 4. The number of nitrogens with one attached hydrogen (secondary N) is 3. The van der Waals surface area contributed by atoms with Crippen molar-refractivity contribution in [1.82, 2.24) is 4.83 Å². The van der Waals surface area contributed by atoms with E-state index < -0.39 is 20.1 Å². The molecule has 2 aromatic carbocycles. The SMILES string of the molecule is CC1(C)C(=O)Nc2cc(NC3=N[N+]4(NS(=O)(=O)c5ccccc5)C=CN=CC4=N3)ccc21. The van der Waals surface area contributed by atoms with Crippen LogP contribution in [0.25, 0.3) is 0 Å². The average molecular weight is 451 g/mol. The normalized spacial score (nSPS) is 22.6. The van der Waals surface area contributed by atoms with E-state index in [9.17, 15) is 13.2 Å². The lowest BCUT2D eigenvalue weighted by Crippen LogP contribution is -2.56. The second-order valence-electron chi connectivity index (χ2n) is 8.03. The molecule has 0 radical (unpaired) electrons. The Kier molecular flexibility index (Phi) is 4.38. The number of aliphatic imine (C=N–C) groups is 2. The lowest BCUT2D eigenvalue weighted by Gasteiger charge is -2.23. The number of fused-ring (bicyclic) bond motifs is 2. The first-order valence-electron chi connectivity index (χ1n) is 9.81. The van der Waals surface area contributed by atoms with Gasteiger partial charge in [-0.3, -0.25) is 9.79 Å². The van der Waals surface area contributed by atoms with Crippen LogP contribution in [0.4, 0.5) is 11.4 Å². The zero-order valence-electron chi connectivity index (χ0n) is 17.3. The maximum Gasteiger partial charge on any atom is 0.302 e. The van der Waals surface area contributed by atoms with E-state index in [4.69, 9.17) is 0 Å². The minimum atomic E-state index is -3.90. The summed E-state index contributed by atoms with van der Waals surface area (Å²) in [7, 11) is -3.90. The van der Waals surface area contributed by atoms with E-state index >= 15 is 0 Å². The molecule has 0 fully saturated rings. The van der Waals surface area contributed by atoms with Crippen molar-refractivity contribution < 1.29 is 17.9 Å². The van der Waals surface area contributed by atoms with Crippen molar-refractivity contribution in [3.8, 4) is 0 Å². The standard InChI is InChI=1S/C21H19N7O3S/c1-21(2)16-9-8-14(12-17(16)24-19(21)29)23-20-25-18-13-22-10-11-28(18,26-20)27-32(30,31)15-6-4-3-5-7-15/h3-13,27H,1-2H3,(H-,23,24,26,29)/p+1. The van der Waals surface area contributed by atoms with Crippen molar-refractivity contribution in [2.45, 2.75) is 24.2 Å². The molecule has 2 aromatic rings. The third-order valence-corrected chi connectivity index (χ3v) is 6.87. The van der Waals surface area contributed by atoms with Crippen LogP contribution in [-0.2, 0) is 20.2 Å². The number of sulfonamides is 1. The van der Waals surface area contributed by atoms with Gasteiger partial charge in [-0.1, -0.05) is 24.3 Å². The fraction of sp³-hybridized carbons (Fsp3) is 0.143. The molecule has 3 aliphatic rings. The highest BCUT2D eigenvalue weighted by Gasteiger charge is 2.45. The van der Waals surface area contributed by atoms with Crippen molar-refractivity contribution in [2.24, 2.45) is 15.1 Å². The van der Waals surface area contributed by atoms with Gasteiger partial charge in [-0.25, -0.2) is 8.42 Å². The number of carbonyl (C=O) groups excluding carboxylic acids is 1. The van der Waals surface area contributed by atoms with Gasteiger partial charge in [-0.05, 0) is 58.3 Å². The molecule has 0 saturated heterocycles. The highest BCUT2D eigenvalue weighted by molar-refractivity contribution is 7.89. The van der Waals surface area contributed by atoms with Crippen LogP contribution in [0.5, 0.6) is 0 Å². The molecule has 1 amide bonds. The monoisotopic (exact) mass is 450 g/mol. The molecule has 3 N–H and O–H groups in total. The van der Waals surface area contributed by atoms with E-state index in [1.54, 1.807) is 24.3 Å². The number of nitrogens with zero attached hydrogens (tertiary/aromatic N) is 4. The Morgan fingerprint density at radius 3 is 2.66 bits per heavy atom. The highest BCUT2D eigenvalue weighted by Crippen LogP contribution is 2.38. The number of quaternary nitrogens is 1. The van der Waals surface area contributed by atoms with Crippen LogP contribution in [-0.4, -0.2) is 37.0 Å². The Labute approximate surface area is 184 Å². The van der Waals surface area contributed by atoms with Crippen molar-refractivity contribution in [2.75, 3.05) is 10.6 Å². The fourth-order valence-corrected chi connectivity index (χ4v) is 4.85. The van der Waals surface area contributed by atoms with Crippen LogP contribution >= 0.6 is 0 Å². The van der Waals surface area contributed by atoms with Crippen molar-refractivity contribution in [3.05, 3.63) is 66.5 Å². The summed E-state index contributed by atoms with van der Waals surface area (Å²) in [6.07, 6.45) is 4.38. The van der Waals surface area contributed by atoms with E-state index in [-0.39, 0.29) is 22.6 Å². The van der Waals surface area contributed by atoms with Crippen LogP contribution < -0.4 is 15.5 Å². The van der Waals surface area contributed by atoms with Gasteiger partial charge >= 0.3 is 5.84 Å². The molecule has 11 heteroatoms. The van der Waals surface area contributed by atoms with E-state index in [2.05, 4.69) is 30.6 Å². The quantitative estimate of drug-likeness (QED) is 0.618. The van der Waals surface area contributed by atoms with Gasteiger partial charge in [0.15, 0.2) is 6.20 Å². The Morgan fingerprint density at radius 1 is 1.09 bits per heavy atom. The summed E-state index contributed by atoms with van der Waals surface area (Å²) in [5, 5.41) is 10.4. The van der Waals surface area contributed by atoms with E-state index in [0.717, 1.165) is 5.56 Å². The Morgan fingerprint density at radius 2 is 1.88 bits per heavy atom. The number of hydrogen-bond acceptors (Lipinski definition) is 7. The minimum absolute atomic E-state index is 0.0681. The largest absolute Gasteiger partial charge is 0.325 e. The van der Waals surface area contributed by atoms with Crippen molar-refractivity contribution in [3.63, 3.8) is 0 Å². The molecule has 0 spiro atoms. The smallest absolute Gasteiger partial charge is 0.302 e. The Balaban J connectivity index is 1.45. The van der Waals surface area contributed by atoms with Gasteiger partial charge in [-0.15, -0.1) is 4.99 Å². The summed E-state index contributed by atoms with van der Waals surface area (Å²) in [5.41, 5.74) is 1.66. The predicted molar refractivity (Wildman–Crippen MR) is 121 cm³/mol. The van der Waals surface area contributed by atoms with Gasteiger partial charge in [0.05, 0.1) is 16.5 Å². The average Bonchev–Trinajstić information content (AvgIpc) is 3.21. The molecular formula is C21H20N7O3S+. The summed E-state index contributed by atoms with van der Waals surface area (Å²) in [6, 6.07) is 13.5. The topological polar surface area (TPSA) is 124 Å². The maximum absolute atomic E-state index is 12.9. The number of amides is 1. The first-order valence-corrected chi connectivity index (χ1v) is 11.3. The second kappa shape index (κ2) is 6.92. The molecule has 1 unspecified atom stereocenters. The van der Waals surface area contributed by atoms with Crippen LogP contribution in [0.15, 0.2) is 80.9 Å². The Hall–Kier alpha value is -3.67. The zero-order chi connectivity index (χ0) is 22.6. The summed E-state index contributed by atoms with van der Waals surface area (Å²) < 4.78 is 25.3. The molecule has 0 aliphatic carbocycles. The number of amidine groups is 1. The number of guanidine groups is 1. The third-order valence-electron chi connectivity index (χ3n) is 5.46. The van der Waals surface area contributed by atoms with E-state index in [1.165, 1.54) is 30.7 Å². The molecule has 5 rings (SSSR count). The Bertz CT molecular complexity index is 1360. The molecule has 1 atom stereocenters. The molecule has 162 valence electrons. The lowest BCUT2D eigenvalue weighted by molar-refractivity contribution is -0.822. The molecule has 0 saturated carbocycles. The number of carbonyl (C=O) groups is 1. The first kappa shape index (κ1) is 20.2. The summed E-state index contributed by atoms with van der Waals surface area (Å²) >= 11 is 0. The molecule has 32 heavy (non-hydrogen) atoms. The molecule has 0 aromatic heterocycles. The van der Waals surface area contributed by atoms with Gasteiger partial charge in [0.1, 0.15) is 6.21 Å². The maximum atomic E-state index is 12.9. The molecule has 10 nitrogen and oxygen atoms in total. The molecule has 3 heterocycles. The zero-order valence-corrected chi connectivity index (χ0v) is 18.1. The van der Waals surface area contributed by atoms with Crippen molar-refractivity contribution >= 4 is 45.3 Å². The van der Waals surface area contributed by atoms with Crippen molar-refractivity contribution in [1.29, 1.82) is 0 Å². The highest BCUT2D eigenvalue weighted by atomic mass is 32.2. The predicted octanol–water partition coefficient (Wildman–Crippen LogP) is 2.28. The summed E-state index contributed by atoms with van der Waals surface area (Å²) in [6.45, 7) is 3.73. The van der Waals surface area contributed by atoms with Gasteiger partial charge in [-0.2, -0.15) is 0 Å². The van der Waals surface area contributed by atoms with Gasteiger partial charge in [0.2, 0.25) is 5.91 Å². The van der Waals surface area contributed by atoms with E-state index in [0.29, 0.717) is 11.4 Å². The number of anilines is 2. The van der Waals surface area contributed by atoms with Crippen LogP contribution in [0, 0.1) is 0 Å². The first-order chi connectivity index (χ1) is 15.2. The molecule has 0 bridgehead atoms. The van der Waals surface area contributed by atoms with Crippen LogP contribution in [0.3, 0.4) is 0 Å². The minimum Gasteiger partial charge on any atom is -0.325 e. The fourth-order valence-electron chi connectivity index (χ4n) is 3.67. The van der Waals surface area contributed by atoms with Gasteiger partial charge < -0.3 is 10.6 Å². The second-order valence-corrected chi connectivity index (χ2v) is 9.69. The van der Waals surface area contributed by atoms with Crippen LogP contribution in [0.2, 0.25) is 0 Å². The summed E-state index contributed by atoms with van der Waals surface area (Å²) in [5.74, 6) is 0.406. The number of benzene rings is 2. The lowest BCUT2D eigenvalue weighted by atomic mass is 9.86. The number of hydrogen-bond donors (Lipinski definition) is 3. The van der Waals surface area contributed by atoms with Gasteiger partial charge in [0, 0.05) is 11.4 Å². The molecular weight excluding hydrogens is 430 g/mol. The van der Waals surface area contributed by atoms with Crippen LogP contribution in [0.1, 0.15) is 19.4 Å². The molecule has 3 aliphatic heterocycles. The van der Waals surface area contributed by atoms with E-state index in [1.807, 2.05) is 26.0 Å². The third kappa shape index (κ3) is 3.23.